The van der Waals surface area contributed by atoms with E-state index in [0.29, 0.717) is 19.3 Å². The van der Waals surface area contributed by atoms with E-state index < -0.39 is 6.10 Å². The molecule has 0 aromatic heterocycles. The molecule has 1 unspecified atom stereocenters. The summed E-state index contributed by atoms with van der Waals surface area (Å²) < 4.78 is 16.9. The van der Waals surface area contributed by atoms with Gasteiger partial charge in [0, 0.05) is 19.3 Å². The molecule has 0 rings (SSSR count). The van der Waals surface area contributed by atoms with Crippen LogP contribution in [0.3, 0.4) is 0 Å². The summed E-state index contributed by atoms with van der Waals surface area (Å²) in [7, 11) is 0. The van der Waals surface area contributed by atoms with Gasteiger partial charge in [0.2, 0.25) is 0 Å². The zero-order valence-electron chi connectivity index (χ0n) is 52.8. The van der Waals surface area contributed by atoms with Crippen LogP contribution in [0.5, 0.6) is 0 Å². The van der Waals surface area contributed by atoms with Gasteiger partial charge in [0.1, 0.15) is 13.2 Å². The van der Waals surface area contributed by atoms with E-state index in [1.165, 1.54) is 180 Å². The fourth-order valence-electron chi connectivity index (χ4n) is 9.67. The molecule has 0 aliphatic rings. The van der Waals surface area contributed by atoms with Crippen molar-refractivity contribution in [3.05, 3.63) is 97.2 Å². The lowest BCUT2D eigenvalue weighted by Gasteiger charge is -2.18. The van der Waals surface area contributed by atoms with Gasteiger partial charge < -0.3 is 14.2 Å². The molecule has 0 aromatic rings. The zero-order chi connectivity index (χ0) is 57.8. The number of hydrogen-bond donors (Lipinski definition) is 0. The summed E-state index contributed by atoms with van der Waals surface area (Å²) in [5.41, 5.74) is 0. The molecule has 0 radical (unpaired) electrons. The van der Waals surface area contributed by atoms with Crippen LogP contribution in [-0.4, -0.2) is 37.2 Å². The average molecular weight is 1110 g/mol. The van der Waals surface area contributed by atoms with Gasteiger partial charge in [-0.1, -0.05) is 291 Å². The minimum atomic E-state index is -0.797. The van der Waals surface area contributed by atoms with E-state index in [0.717, 1.165) is 116 Å². The molecule has 0 spiro atoms. The Morgan fingerprint density at radius 3 is 0.775 bits per heavy atom. The molecule has 0 aliphatic carbocycles. The van der Waals surface area contributed by atoms with E-state index in [-0.39, 0.29) is 31.1 Å². The van der Waals surface area contributed by atoms with Crippen molar-refractivity contribution in [1.82, 2.24) is 0 Å². The van der Waals surface area contributed by atoms with Crippen LogP contribution < -0.4 is 0 Å². The minimum Gasteiger partial charge on any atom is -0.462 e. The molecule has 0 heterocycles. The standard InChI is InChI=1S/C74H128O6/c1-4-7-10-13-16-19-22-25-28-30-32-34-36-37-39-40-42-44-46-49-52-55-58-61-64-67-73(76)79-70-71(69-78-72(75)66-63-60-57-54-51-48-27-24-21-18-15-12-9-6-3)80-74(77)68-65-62-59-56-53-50-47-45-43-41-38-35-33-31-29-26-23-20-17-14-11-8-5-2/h8,11,17,20,24,26-27,29-30,32-33,35,41,43,47,50,71H,4-7,9-10,12-16,18-19,21-23,25,28,31,34,36-40,42,44-46,48-49,51-70H2,1-3H3/b11-8-,20-17-,27-24-,29-26-,32-30-,35-33-,43-41-,50-47-. The molecule has 0 saturated carbocycles. The van der Waals surface area contributed by atoms with Crippen molar-refractivity contribution in [2.45, 2.75) is 341 Å². The molecule has 0 amide bonds. The Balaban J connectivity index is 4.37. The maximum atomic E-state index is 12.9. The van der Waals surface area contributed by atoms with Gasteiger partial charge in [0.05, 0.1) is 0 Å². The predicted octanol–water partition coefficient (Wildman–Crippen LogP) is 23.6. The third-order valence-electron chi connectivity index (χ3n) is 14.8. The molecule has 0 aromatic carbocycles. The van der Waals surface area contributed by atoms with Crippen molar-refractivity contribution in [3.8, 4) is 0 Å². The van der Waals surface area contributed by atoms with E-state index in [1.807, 2.05) is 0 Å². The number of allylic oxidation sites excluding steroid dienone is 16. The number of carbonyl (C=O) groups is 3. The van der Waals surface area contributed by atoms with Crippen LogP contribution in [0.15, 0.2) is 97.2 Å². The number of esters is 3. The first-order valence-corrected chi connectivity index (χ1v) is 34.2. The van der Waals surface area contributed by atoms with Gasteiger partial charge in [-0.15, -0.1) is 0 Å². The highest BCUT2D eigenvalue weighted by molar-refractivity contribution is 5.71. The lowest BCUT2D eigenvalue weighted by Crippen LogP contribution is -2.30. The minimum absolute atomic E-state index is 0.0894. The molecule has 0 N–H and O–H groups in total. The van der Waals surface area contributed by atoms with Crippen molar-refractivity contribution in [2.75, 3.05) is 13.2 Å². The topological polar surface area (TPSA) is 78.9 Å². The molecule has 80 heavy (non-hydrogen) atoms. The first kappa shape index (κ1) is 76.3. The molecular formula is C74H128O6. The SMILES string of the molecule is CC/C=C\C/C=C\C/C=C\C/C=C\C/C=C\C/C=C\CCCCCCC(=O)OC(COC(=O)CCCCCCC/C=C\CCCCCCC)COC(=O)CCCCCCCCCCCCCCC/C=C\CCCCCCCCCC. The first-order valence-electron chi connectivity index (χ1n) is 34.2. The van der Waals surface area contributed by atoms with E-state index in [1.54, 1.807) is 0 Å². The third-order valence-corrected chi connectivity index (χ3v) is 14.8. The highest BCUT2D eigenvalue weighted by Crippen LogP contribution is 2.16. The van der Waals surface area contributed by atoms with Crippen LogP contribution in [0.1, 0.15) is 335 Å². The Morgan fingerprint density at radius 1 is 0.263 bits per heavy atom. The first-order chi connectivity index (χ1) is 39.5. The van der Waals surface area contributed by atoms with Gasteiger partial charge in [0.15, 0.2) is 6.10 Å². The number of unbranched alkanes of at least 4 members (excludes halogenated alkanes) is 35. The average Bonchev–Trinajstić information content (AvgIpc) is 3.46. The molecule has 0 saturated heterocycles. The van der Waals surface area contributed by atoms with Gasteiger partial charge in [-0.05, 0) is 122 Å². The van der Waals surface area contributed by atoms with Crippen molar-refractivity contribution < 1.29 is 28.6 Å². The summed E-state index contributed by atoms with van der Waals surface area (Å²) in [6.07, 6.45) is 91.4. The Morgan fingerprint density at radius 2 is 0.487 bits per heavy atom. The number of carbonyl (C=O) groups excluding carboxylic acids is 3. The molecule has 0 fully saturated rings. The smallest absolute Gasteiger partial charge is 0.306 e. The van der Waals surface area contributed by atoms with Gasteiger partial charge in [-0.25, -0.2) is 0 Å². The molecule has 6 nitrogen and oxygen atoms in total. The zero-order valence-corrected chi connectivity index (χ0v) is 52.8. The third kappa shape index (κ3) is 65.1. The van der Waals surface area contributed by atoms with Gasteiger partial charge >= 0.3 is 17.9 Å². The monoisotopic (exact) mass is 1110 g/mol. The second-order valence-corrected chi connectivity index (χ2v) is 22.7. The Labute approximate surface area is 496 Å². The number of rotatable bonds is 62. The summed E-state index contributed by atoms with van der Waals surface area (Å²) in [5.74, 6) is -0.911. The molecule has 0 bridgehead atoms. The summed E-state index contributed by atoms with van der Waals surface area (Å²) in [6, 6.07) is 0. The largest absolute Gasteiger partial charge is 0.462 e. The maximum Gasteiger partial charge on any atom is 0.306 e. The molecule has 6 heteroatoms. The molecule has 0 aliphatic heterocycles. The van der Waals surface area contributed by atoms with E-state index in [2.05, 4.69) is 118 Å². The molecule has 460 valence electrons. The normalized spacial score (nSPS) is 12.7. The van der Waals surface area contributed by atoms with Crippen molar-refractivity contribution in [2.24, 2.45) is 0 Å². The van der Waals surface area contributed by atoms with Crippen LogP contribution >= 0.6 is 0 Å². The number of ether oxygens (including phenoxy) is 3. The van der Waals surface area contributed by atoms with E-state index >= 15 is 0 Å². The molecule has 1 atom stereocenters. The van der Waals surface area contributed by atoms with Crippen LogP contribution in [0, 0.1) is 0 Å². The fraction of sp³-hybridized carbons (Fsp3) is 0.743. The van der Waals surface area contributed by atoms with Gasteiger partial charge in [-0.3, -0.25) is 14.4 Å². The Kier molecular flexibility index (Phi) is 64.7. The lowest BCUT2D eigenvalue weighted by atomic mass is 10.0. The summed E-state index contributed by atoms with van der Waals surface area (Å²) in [5, 5.41) is 0. The molecular weight excluding hydrogens is 985 g/mol. The fourth-order valence-corrected chi connectivity index (χ4v) is 9.67. The Hall–Kier alpha value is -3.67. The van der Waals surface area contributed by atoms with Crippen LogP contribution in [0.2, 0.25) is 0 Å². The van der Waals surface area contributed by atoms with Gasteiger partial charge in [-0.2, -0.15) is 0 Å². The predicted molar refractivity (Wildman–Crippen MR) is 348 cm³/mol. The quantitative estimate of drug-likeness (QED) is 0.0261. The van der Waals surface area contributed by atoms with Crippen LogP contribution in [0.25, 0.3) is 0 Å². The second kappa shape index (κ2) is 67.8. The summed E-state index contributed by atoms with van der Waals surface area (Å²) in [4.78, 5) is 38.4. The summed E-state index contributed by atoms with van der Waals surface area (Å²) >= 11 is 0. The Bertz CT molecular complexity index is 1560. The van der Waals surface area contributed by atoms with Crippen molar-refractivity contribution in [3.63, 3.8) is 0 Å². The highest BCUT2D eigenvalue weighted by Gasteiger charge is 2.19. The number of hydrogen-bond acceptors (Lipinski definition) is 6. The second-order valence-electron chi connectivity index (χ2n) is 22.7. The lowest BCUT2D eigenvalue weighted by molar-refractivity contribution is -0.167. The van der Waals surface area contributed by atoms with E-state index in [9.17, 15) is 14.4 Å². The van der Waals surface area contributed by atoms with Crippen LogP contribution in [-0.2, 0) is 28.6 Å². The van der Waals surface area contributed by atoms with Crippen molar-refractivity contribution >= 4 is 17.9 Å². The van der Waals surface area contributed by atoms with Crippen LogP contribution in [0.4, 0.5) is 0 Å². The van der Waals surface area contributed by atoms with E-state index in [4.69, 9.17) is 14.2 Å². The maximum absolute atomic E-state index is 12.9. The summed E-state index contributed by atoms with van der Waals surface area (Å²) in [6.45, 7) is 6.52. The highest BCUT2D eigenvalue weighted by atomic mass is 16.6. The van der Waals surface area contributed by atoms with Gasteiger partial charge in [0.25, 0.3) is 0 Å². The van der Waals surface area contributed by atoms with Crippen molar-refractivity contribution in [1.29, 1.82) is 0 Å².